The van der Waals surface area contributed by atoms with Gasteiger partial charge in [-0.05, 0) is 31.9 Å². The van der Waals surface area contributed by atoms with E-state index in [1.54, 1.807) is 0 Å². The first-order chi connectivity index (χ1) is 16.1. The summed E-state index contributed by atoms with van der Waals surface area (Å²) in [6.07, 6.45) is 6.11. The molecular formula is C25H37N5O2S. The van der Waals surface area contributed by atoms with Crippen molar-refractivity contribution in [2.75, 3.05) is 54.5 Å². The number of thiol groups is 1. The van der Waals surface area contributed by atoms with Crippen molar-refractivity contribution in [1.82, 2.24) is 9.97 Å². The fourth-order valence-corrected chi connectivity index (χ4v) is 4.33. The lowest BCUT2D eigenvalue weighted by atomic mass is 10.1. The number of rotatable bonds is 12. The van der Waals surface area contributed by atoms with Crippen molar-refractivity contribution in [1.29, 1.82) is 0 Å². The van der Waals surface area contributed by atoms with E-state index < -0.39 is 0 Å². The van der Waals surface area contributed by atoms with Crippen molar-refractivity contribution in [2.24, 2.45) is 0 Å². The van der Waals surface area contributed by atoms with Gasteiger partial charge in [0.25, 0.3) is 0 Å². The molecule has 3 rings (SSSR count). The SMILES string of the molecule is CCCCCCN(CCCC(=O)Nc1c(S)nc(C)nc1N1CCOCC1)c1ccccc1. The third-order valence-corrected chi connectivity index (χ3v) is 6.12. The summed E-state index contributed by atoms with van der Waals surface area (Å²) in [5.74, 6) is 1.33. The molecule has 2 heterocycles. The quantitative estimate of drug-likeness (QED) is 0.265. The molecule has 8 heteroatoms. The molecule has 1 aromatic carbocycles. The minimum absolute atomic E-state index is 0.0359. The highest BCUT2D eigenvalue weighted by atomic mass is 32.1. The van der Waals surface area contributed by atoms with Crippen molar-refractivity contribution in [3.63, 3.8) is 0 Å². The zero-order valence-corrected chi connectivity index (χ0v) is 20.8. The van der Waals surface area contributed by atoms with E-state index in [0.29, 0.717) is 36.2 Å². The van der Waals surface area contributed by atoms with Crippen LogP contribution in [0.5, 0.6) is 0 Å². The van der Waals surface area contributed by atoms with E-state index in [0.717, 1.165) is 38.4 Å². The molecule has 0 aliphatic carbocycles. The van der Waals surface area contributed by atoms with Gasteiger partial charge < -0.3 is 19.9 Å². The van der Waals surface area contributed by atoms with Crippen LogP contribution < -0.4 is 15.1 Å². The van der Waals surface area contributed by atoms with Gasteiger partial charge in [0.05, 0.1) is 13.2 Å². The van der Waals surface area contributed by atoms with Gasteiger partial charge in [-0.1, -0.05) is 44.4 Å². The summed E-state index contributed by atoms with van der Waals surface area (Å²) in [5, 5.41) is 3.53. The number of para-hydroxylation sites is 1. The van der Waals surface area contributed by atoms with Crippen LogP contribution >= 0.6 is 12.6 Å². The summed E-state index contributed by atoms with van der Waals surface area (Å²) in [6, 6.07) is 10.5. The van der Waals surface area contributed by atoms with Gasteiger partial charge in [-0.2, -0.15) is 0 Å². The summed E-state index contributed by atoms with van der Waals surface area (Å²) in [4.78, 5) is 26.3. The Morgan fingerprint density at radius 2 is 1.82 bits per heavy atom. The second kappa shape index (κ2) is 13.4. The Bertz CT molecular complexity index is 875. The lowest BCUT2D eigenvalue weighted by Gasteiger charge is -2.30. The number of nitrogens with zero attached hydrogens (tertiary/aromatic N) is 4. The molecule has 0 radical (unpaired) electrons. The summed E-state index contributed by atoms with van der Waals surface area (Å²) < 4.78 is 5.46. The lowest BCUT2D eigenvalue weighted by Crippen LogP contribution is -2.37. The smallest absolute Gasteiger partial charge is 0.224 e. The summed E-state index contributed by atoms with van der Waals surface area (Å²) in [5.41, 5.74) is 1.81. The number of aromatic nitrogens is 2. The van der Waals surface area contributed by atoms with E-state index in [4.69, 9.17) is 4.74 Å². The first-order valence-electron chi connectivity index (χ1n) is 12.1. The van der Waals surface area contributed by atoms with E-state index in [1.807, 2.05) is 13.0 Å². The Labute approximate surface area is 203 Å². The van der Waals surface area contributed by atoms with Crippen LogP contribution in [0.1, 0.15) is 51.3 Å². The number of nitrogens with one attached hydrogen (secondary N) is 1. The zero-order chi connectivity index (χ0) is 23.5. The number of hydrogen-bond acceptors (Lipinski definition) is 7. The molecule has 0 unspecified atom stereocenters. The van der Waals surface area contributed by atoms with Crippen LogP contribution in [0, 0.1) is 6.92 Å². The fraction of sp³-hybridized carbons (Fsp3) is 0.560. The van der Waals surface area contributed by atoms with E-state index in [9.17, 15) is 4.79 Å². The standard InChI is InChI=1S/C25H37N5O2S/c1-3-4-5-9-14-29(21-11-7-6-8-12-21)15-10-13-22(31)28-23-24(26-20(2)27-25(23)33)30-16-18-32-19-17-30/h6-8,11-12H,3-5,9-10,13-19H2,1-2H3,(H,28,31)(H,26,27,33). The Kier molecular flexibility index (Phi) is 10.3. The molecule has 2 aromatic rings. The van der Waals surface area contributed by atoms with Gasteiger partial charge >= 0.3 is 0 Å². The van der Waals surface area contributed by atoms with E-state index in [1.165, 1.54) is 31.4 Å². The Hall–Kier alpha value is -2.32. The lowest BCUT2D eigenvalue weighted by molar-refractivity contribution is -0.116. The Morgan fingerprint density at radius 3 is 2.55 bits per heavy atom. The van der Waals surface area contributed by atoms with Crippen molar-refractivity contribution in [2.45, 2.75) is 57.4 Å². The molecular weight excluding hydrogens is 434 g/mol. The molecule has 1 amide bonds. The molecule has 1 N–H and O–H groups in total. The molecule has 33 heavy (non-hydrogen) atoms. The molecule has 0 spiro atoms. The number of aryl methyl sites for hydroxylation is 1. The summed E-state index contributed by atoms with van der Waals surface area (Å²) in [6.45, 7) is 8.68. The number of benzene rings is 1. The molecule has 0 saturated carbocycles. The molecule has 7 nitrogen and oxygen atoms in total. The second-order valence-electron chi connectivity index (χ2n) is 8.43. The molecule has 1 saturated heterocycles. The van der Waals surface area contributed by atoms with Crippen LogP contribution in [0.3, 0.4) is 0 Å². The number of hydrogen-bond donors (Lipinski definition) is 2. The number of amides is 1. The van der Waals surface area contributed by atoms with Gasteiger partial charge in [0, 0.05) is 38.3 Å². The van der Waals surface area contributed by atoms with E-state index in [-0.39, 0.29) is 5.91 Å². The highest BCUT2D eigenvalue weighted by Crippen LogP contribution is 2.30. The number of carbonyl (C=O) groups excluding carboxylic acids is 1. The van der Waals surface area contributed by atoms with Gasteiger partial charge in [0.15, 0.2) is 5.82 Å². The number of ether oxygens (including phenoxy) is 1. The number of anilines is 3. The topological polar surface area (TPSA) is 70.6 Å². The van der Waals surface area contributed by atoms with Crippen molar-refractivity contribution in [3.8, 4) is 0 Å². The van der Waals surface area contributed by atoms with Crippen LogP contribution in [0.15, 0.2) is 35.4 Å². The van der Waals surface area contributed by atoms with E-state index >= 15 is 0 Å². The minimum atomic E-state index is -0.0359. The summed E-state index contributed by atoms with van der Waals surface area (Å²) >= 11 is 4.53. The van der Waals surface area contributed by atoms with Crippen LogP contribution in [0.2, 0.25) is 0 Å². The zero-order valence-electron chi connectivity index (χ0n) is 19.9. The minimum Gasteiger partial charge on any atom is -0.378 e. The van der Waals surface area contributed by atoms with Crippen molar-refractivity contribution >= 4 is 35.7 Å². The average Bonchev–Trinajstić information content (AvgIpc) is 2.83. The molecule has 1 aromatic heterocycles. The normalized spacial score (nSPS) is 13.7. The van der Waals surface area contributed by atoms with Crippen LogP contribution in [0.4, 0.5) is 17.2 Å². The first-order valence-corrected chi connectivity index (χ1v) is 12.5. The van der Waals surface area contributed by atoms with Crippen LogP contribution in [0.25, 0.3) is 0 Å². The van der Waals surface area contributed by atoms with Gasteiger partial charge in [-0.25, -0.2) is 9.97 Å². The van der Waals surface area contributed by atoms with Gasteiger partial charge in [-0.15, -0.1) is 12.6 Å². The van der Waals surface area contributed by atoms with Gasteiger partial charge in [0.2, 0.25) is 5.91 Å². The number of unbranched alkanes of at least 4 members (excludes halogenated alkanes) is 3. The third-order valence-electron chi connectivity index (χ3n) is 5.79. The molecule has 0 atom stereocenters. The maximum absolute atomic E-state index is 12.8. The Balaban J connectivity index is 1.58. The van der Waals surface area contributed by atoms with Crippen molar-refractivity contribution < 1.29 is 9.53 Å². The second-order valence-corrected chi connectivity index (χ2v) is 8.85. The van der Waals surface area contributed by atoms with Crippen LogP contribution in [-0.2, 0) is 9.53 Å². The van der Waals surface area contributed by atoms with Crippen LogP contribution in [-0.4, -0.2) is 55.3 Å². The molecule has 0 bridgehead atoms. The third kappa shape index (κ3) is 7.89. The highest BCUT2D eigenvalue weighted by Gasteiger charge is 2.21. The largest absolute Gasteiger partial charge is 0.378 e. The maximum Gasteiger partial charge on any atom is 0.224 e. The number of morpholine rings is 1. The highest BCUT2D eigenvalue weighted by molar-refractivity contribution is 7.80. The predicted molar refractivity (Wildman–Crippen MR) is 138 cm³/mol. The number of carbonyl (C=O) groups is 1. The summed E-state index contributed by atoms with van der Waals surface area (Å²) in [7, 11) is 0. The monoisotopic (exact) mass is 471 g/mol. The Morgan fingerprint density at radius 1 is 1.09 bits per heavy atom. The fourth-order valence-electron chi connectivity index (χ4n) is 4.03. The molecule has 1 aliphatic rings. The average molecular weight is 472 g/mol. The first kappa shape index (κ1) is 25.3. The van der Waals surface area contributed by atoms with E-state index in [2.05, 4.69) is 68.9 Å². The maximum atomic E-state index is 12.8. The molecule has 180 valence electrons. The molecule has 1 fully saturated rings. The van der Waals surface area contributed by atoms with Gasteiger partial charge in [-0.3, -0.25) is 4.79 Å². The van der Waals surface area contributed by atoms with Gasteiger partial charge in [0.1, 0.15) is 16.5 Å². The predicted octanol–water partition coefficient (Wildman–Crippen LogP) is 4.72. The molecule has 1 aliphatic heterocycles. The van der Waals surface area contributed by atoms with Crippen molar-refractivity contribution in [3.05, 3.63) is 36.2 Å².